The predicted molar refractivity (Wildman–Crippen MR) is 292 cm³/mol. The summed E-state index contributed by atoms with van der Waals surface area (Å²) in [6.07, 6.45) is 66.9. The normalized spacial score (nSPS) is 12.5. The van der Waals surface area contributed by atoms with E-state index in [2.05, 4.69) is 19.2 Å². The predicted octanol–water partition coefficient (Wildman–Crippen LogP) is 19.1. The smallest absolute Gasteiger partial charge is 0.305 e. The van der Waals surface area contributed by atoms with E-state index in [9.17, 15) is 19.8 Å². The average molecular weight is 949 g/mol. The topological polar surface area (TPSA) is 95.9 Å². The lowest BCUT2D eigenvalue weighted by atomic mass is 10.0. The van der Waals surface area contributed by atoms with E-state index >= 15 is 0 Å². The quantitative estimate of drug-likeness (QED) is 0.0417. The zero-order valence-electron chi connectivity index (χ0n) is 45.7. The maximum Gasteiger partial charge on any atom is 0.305 e. The number of aliphatic hydroxyl groups is 2. The van der Waals surface area contributed by atoms with Crippen LogP contribution < -0.4 is 5.32 Å². The van der Waals surface area contributed by atoms with Crippen molar-refractivity contribution >= 4 is 11.9 Å². The summed E-state index contributed by atoms with van der Waals surface area (Å²) in [6.45, 7) is 4.97. The van der Waals surface area contributed by atoms with Crippen molar-refractivity contribution in [1.82, 2.24) is 5.32 Å². The maximum absolute atomic E-state index is 12.4. The fraction of sp³-hybridized carbons (Fsp3) is 0.967. The van der Waals surface area contributed by atoms with Gasteiger partial charge in [-0.15, -0.1) is 0 Å². The summed E-state index contributed by atoms with van der Waals surface area (Å²) in [4.78, 5) is 24.5. The molecule has 1 amide bonds. The number of carbonyl (C=O) groups is 2. The molecule has 2 unspecified atom stereocenters. The average Bonchev–Trinajstić information content (AvgIpc) is 3.33. The highest BCUT2D eigenvalue weighted by Crippen LogP contribution is 2.18. The van der Waals surface area contributed by atoms with Gasteiger partial charge in [0, 0.05) is 12.8 Å². The second kappa shape index (κ2) is 57.4. The van der Waals surface area contributed by atoms with Gasteiger partial charge in [-0.2, -0.15) is 0 Å². The minimum Gasteiger partial charge on any atom is -0.466 e. The largest absolute Gasteiger partial charge is 0.466 e. The van der Waals surface area contributed by atoms with Crippen LogP contribution in [0.2, 0.25) is 0 Å². The molecular formula is C61H121NO5. The molecule has 0 aromatic carbocycles. The Kier molecular flexibility index (Phi) is 56.5. The molecule has 0 bridgehead atoms. The minimum atomic E-state index is -0.661. The van der Waals surface area contributed by atoms with Gasteiger partial charge in [0.15, 0.2) is 0 Å². The van der Waals surface area contributed by atoms with E-state index in [-0.39, 0.29) is 18.5 Å². The van der Waals surface area contributed by atoms with Crippen molar-refractivity contribution < 1.29 is 24.5 Å². The van der Waals surface area contributed by atoms with Crippen molar-refractivity contribution in [3.63, 3.8) is 0 Å². The van der Waals surface area contributed by atoms with Gasteiger partial charge in [-0.1, -0.05) is 316 Å². The van der Waals surface area contributed by atoms with Crippen molar-refractivity contribution in [2.45, 2.75) is 366 Å². The van der Waals surface area contributed by atoms with Crippen LogP contribution in [0.3, 0.4) is 0 Å². The molecule has 67 heavy (non-hydrogen) atoms. The van der Waals surface area contributed by atoms with Gasteiger partial charge in [-0.05, 0) is 25.7 Å². The van der Waals surface area contributed by atoms with Gasteiger partial charge >= 0.3 is 5.97 Å². The zero-order chi connectivity index (χ0) is 48.6. The minimum absolute atomic E-state index is 0.0181. The van der Waals surface area contributed by atoms with Crippen molar-refractivity contribution in [3.8, 4) is 0 Å². The third-order valence-corrected chi connectivity index (χ3v) is 14.7. The molecule has 3 N–H and O–H groups in total. The van der Waals surface area contributed by atoms with Crippen LogP contribution in [0, 0.1) is 0 Å². The van der Waals surface area contributed by atoms with Gasteiger partial charge in [-0.25, -0.2) is 0 Å². The number of carbonyl (C=O) groups excluding carboxylic acids is 2. The van der Waals surface area contributed by atoms with Gasteiger partial charge in [0.2, 0.25) is 5.91 Å². The number of hydrogen-bond donors (Lipinski definition) is 3. The van der Waals surface area contributed by atoms with E-state index < -0.39 is 12.1 Å². The van der Waals surface area contributed by atoms with Gasteiger partial charge in [-0.3, -0.25) is 9.59 Å². The monoisotopic (exact) mass is 948 g/mol. The van der Waals surface area contributed by atoms with Crippen LogP contribution in [0.15, 0.2) is 0 Å². The lowest BCUT2D eigenvalue weighted by Gasteiger charge is -2.22. The number of nitrogens with one attached hydrogen (secondary N) is 1. The van der Waals surface area contributed by atoms with E-state index in [1.165, 1.54) is 283 Å². The first-order valence-corrected chi connectivity index (χ1v) is 30.8. The number of hydrogen-bond acceptors (Lipinski definition) is 5. The van der Waals surface area contributed by atoms with E-state index in [1.807, 2.05) is 0 Å². The first-order valence-electron chi connectivity index (χ1n) is 30.8. The Labute approximate surface area is 419 Å². The Morgan fingerprint density at radius 3 is 0.910 bits per heavy atom. The Balaban J connectivity index is 3.33. The molecule has 0 spiro atoms. The third kappa shape index (κ3) is 54.0. The second-order valence-electron chi connectivity index (χ2n) is 21.4. The van der Waals surface area contributed by atoms with Gasteiger partial charge in [0.1, 0.15) is 0 Å². The molecule has 0 saturated carbocycles. The van der Waals surface area contributed by atoms with Crippen LogP contribution in [-0.2, 0) is 14.3 Å². The number of amides is 1. The molecule has 400 valence electrons. The molecule has 0 fully saturated rings. The van der Waals surface area contributed by atoms with Crippen LogP contribution in [0.1, 0.15) is 354 Å². The highest BCUT2D eigenvalue weighted by molar-refractivity contribution is 5.76. The molecule has 0 rings (SSSR count). The molecule has 0 aliphatic heterocycles. The summed E-state index contributed by atoms with van der Waals surface area (Å²) in [5.74, 6) is -0.0160. The Morgan fingerprint density at radius 2 is 0.612 bits per heavy atom. The maximum atomic E-state index is 12.4. The number of rotatable bonds is 58. The number of esters is 1. The second-order valence-corrected chi connectivity index (χ2v) is 21.4. The Hall–Kier alpha value is -1.14. The molecule has 0 heterocycles. The van der Waals surface area contributed by atoms with Crippen molar-refractivity contribution in [1.29, 1.82) is 0 Å². The summed E-state index contributed by atoms with van der Waals surface area (Å²) in [5.41, 5.74) is 0. The number of unbranched alkanes of at least 4 members (excludes halogenated alkanes) is 47. The fourth-order valence-electron chi connectivity index (χ4n) is 9.94. The van der Waals surface area contributed by atoms with E-state index in [0.29, 0.717) is 25.9 Å². The molecule has 0 aromatic rings. The molecule has 0 aliphatic rings. The van der Waals surface area contributed by atoms with Gasteiger partial charge in [0.25, 0.3) is 0 Å². The highest BCUT2D eigenvalue weighted by Gasteiger charge is 2.20. The molecular weight excluding hydrogens is 827 g/mol. The molecule has 6 heteroatoms. The highest BCUT2D eigenvalue weighted by atomic mass is 16.5. The first kappa shape index (κ1) is 65.9. The first-order chi connectivity index (χ1) is 33.0. The van der Waals surface area contributed by atoms with Gasteiger partial charge in [0.05, 0.1) is 25.4 Å². The standard InChI is InChI=1S/C61H121NO5/c1-3-5-7-9-11-13-15-16-17-24-28-31-35-39-43-47-51-55-61(66)67-56-52-48-44-40-36-32-29-26-23-21-19-18-20-22-25-27-30-34-38-42-46-50-54-60(65)62-58(57-63)59(64)53-49-45-41-37-33-14-12-10-8-6-4-2/h58-59,63-64H,3-57H2,1-2H3,(H,62,65). The summed E-state index contributed by atoms with van der Waals surface area (Å²) >= 11 is 0. The van der Waals surface area contributed by atoms with Crippen molar-refractivity contribution in [2.24, 2.45) is 0 Å². The van der Waals surface area contributed by atoms with E-state index in [4.69, 9.17) is 4.74 Å². The van der Waals surface area contributed by atoms with Crippen LogP contribution >= 0.6 is 0 Å². The van der Waals surface area contributed by atoms with Crippen molar-refractivity contribution in [3.05, 3.63) is 0 Å². The molecule has 0 radical (unpaired) electrons. The summed E-state index contributed by atoms with van der Waals surface area (Å²) in [5, 5.41) is 23.2. The molecule has 0 aromatic heterocycles. The van der Waals surface area contributed by atoms with E-state index in [0.717, 1.165) is 38.5 Å². The number of ether oxygens (including phenoxy) is 1. The molecule has 0 saturated heterocycles. The van der Waals surface area contributed by atoms with Crippen LogP contribution in [0.4, 0.5) is 0 Å². The number of aliphatic hydroxyl groups excluding tert-OH is 2. The summed E-state index contributed by atoms with van der Waals surface area (Å²) in [7, 11) is 0. The van der Waals surface area contributed by atoms with Crippen LogP contribution in [0.5, 0.6) is 0 Å². The lowest BCUT2D eigenvalue weighted by Crippen LogP contribution is -2.45. The zero-order valence-corrected chi connectivity index (χ0v) is 45.7. The molecule has 6 nitrogen and oxygen atoms in total. The van der Waals surface area contributed by atoms with Crippen LogP contribution in [-0.4, -0.2) is 47.4 Å². The van der Waals surface area contributed by atoms with Crippen molar-refractivity contribution in [2.75, 3.05) is 13.2 Å². The molecule has 0 aliphatic carbocycles. The van der Waals surface area contributed by atoms with Gasteiger partial charge < -0.3 is 20.3 Å². The van der Waals surface area contributed by atoms with E-state index in [1.54, 1.807) is 0 Å². The fourth-order valence-corrected chi connectivity index (χ4v) is 9.94. The SMILES string of the molecule is CCCCCCCCCCCCCCCCCCCC(=O)OCCCCCCCCCCCCCCCCCCCCCCCCC(=O)NC(CO)C(O)CCCCCCCCCCCCC. The summed E-state index contributed by atoms with van der Waals surface area (Å²) < 4.78 is 5.50. The molecule has 2 atom stereocenters. The third-order valence-electron chi connectivity index (χ3n) is 14.7. The summed E-state index contributed by atoms with van der Waals surface area (Å²) in [6, 6.07) is -0.539. The Morgan fingerprint density at radius 1 is 0.358 bits per heavy atom. The lowest BCUT2D eigenvalue weighted by molar-refractivity contribution is -0.143. The Bertz CT molecular complexity index is 959. The van der Waals surface area contributed by atoms with Crippen LogP contribution in [0.25, 0.3) is 0 Å².